The molecular weight excluding hydrogens is 477 g/mol. The van der Waals surface area contributed by atoms with Crippen LogP contribution in [0.3, 0.4) is 0 Å². The van der Waals surface area contributed by atoms with E-state index < -0.39 is 16.6 Å². The minimum atomic E-state index is -1.63. The maximum Gasteiger partial charge on any atom is 0.192 e. The summed E-state index contributed by atoms with van der Waals surface area (Å²) in [5, 5.41) is 10.6. The minimum absolute atomic E-state index is 0.0955. The lowest BCUT2D eigenvalue weighted by Crippen LogP contribution is -2.49. The fraction of sp³-hybridized carbons (Fsp3) is 1.00. The van der Waals surface area contributed by atoms with Gasteiger partial charge in [0.25, 0.3) is 0 Å². The van der Waals surface area contributed by atoms with Gasteiger partial charge in [-0.1, -0.05) is 61.8 Å². The summed E-state index contributed by atoms with van der Waals surface area (Å²) in [5.74, 6) is 2.33. The summed E-state index contributed by atoms with van der Waals surface area (Å²) in [6.07, 6.45) is 9.15. The quantitative estimate of drug-likeness (QED) is 0.198. The van der Waals surface area contributed by atoms with E-state index in [0.29, 0.717) is 41.8 Å². The third kappa shape index (κ3) is 7.09. The molecule has 1 unspecified atom stereocenters. The molecule has 5 heteroatoms. The summed E-state index contributed by atoms with van der Waals surface area (Å²) in [7, 11) is -3.22. The Bertz CT molecular complexity index is 629. The molecule has 0 aromatic rings. The van der Waals surface area contributed by atoms with Crippen molar-refractivity contribution in [2.75, 3.05) is 6.61 Å². The first-order chi connectivity index (χ1) is 16.9. The minimum Gasteiger partial charge on any atom is -0.414 e. The molecule has 2 rings (SSSR count). The predicted molar refractivity (Wildman–Crippen MR) is 162 cm³/mol. The Morgan fingerprint density at radius 1 is 0.889 bits per heavy atom. The van der Waals surface area contributed by atoms with E-state index in [1.807, 2.05) is 0 Å². The van der Waals surface area contributed by atoms with Gasteiger partial charge in [0.15, 0.2) is 16.6 Å². The Labute approximate surface area is 228 Å². The molecule has 0 amide bonds. The van der Waals surface area contributed by atoms with Crippen molar-refractivity contribution >= 4 is 16.6 Å². The van der Waals surface area contributed by atoms with Crippen molar-refractivity contribution in [2.45, 2.75) is 162 Å². The number of rotatable bonds is 16. The molecule has 0 radical (unpaired) electrons. The highest BCUT2D eigenvalue weighted by atomic mass is 28.4. The average Bonchev–Trinajstić information content (AvgIpc) is 3.24. The number of fused-ring (bicyclic) bond motifs is 1. The molecule has 214 valence electrons. The largest absolute Gasteiger partial charge is 0.414 e. The standard InChI is InChI=1S/C31H64O3Si2/c1-11-35(12-2,13-3)33-29-18-17-22-31(10)27(19-20-28(29)31)25(7)26(24-32)21-23-30(8,9)34-36(14-4,15-5)16-6/h25-29,32H,11-24H2,1-10H3/t25-,26?,27-,28+,29+,31-/m1/s1. The Balaban J connectivity index is 2.11. The third-order valence-electron chi connectivity index (χ3n) is 11.6. The van der Waals surface area contributed by atoms with Crippen LogP contribution >= 0.6 is 0 Å². The first-order valence-electron chi connectivity index (χ1n) is 15.9. The summed E-state index contributed by atoms with van der Waals surface area (Å²) in [6, 6.07) is 7.36. The zero-order valence-electron chi connectivity index (χ0n) is 26.0. The van der Waals surface area contributed by atoms with Crippen LogP contribution in [0.15, 0.2) is 0 Å². The molecule has 2 fully saturated rings. The van der Waals surface area contributed by atoms with Gasteiger partial charge in [-0.3, -0.25) is 0 Å². The van der Waals surface area contributed by atoms with Crippen molar-refractivity contribution in [3.05, 3.63) is 0 Å². The van der Waals surface area contributed by atoms with E-state index in [9.17, 15) is 5.11 Å². The fourth-order valence-corrected chi connectivity index (χ4v) is 14.6. The van der Waals surface area contributed by atoms with Crippen molar-refractivity contribution in [3.63, 3.8) is 0 Å². The molecular formula is C31H64O3Si2. The second-order valence-corrected chi connectivity index (χ2v) is 22.9. The van der Waals surface area contributed by atoms with Crippen LogP contribution in [-0.2, 0) is 8.85 Å². The Morgan fingerprint density at radius 3 is 1.94 bits per heavy atom. The molecule has 3 nitrogen and oxygen atoms in total. The maximum atomic E-state index is 10.6. The van der Waals surface area contributed by atoms with Crippen LogP contribution in [0.4, 0.5) is 0 Å². The van der Waals surface area contributed by atoms with Crippen LogP contribution in [-0.4, -0.2) is 40.1 Å². The zero-order valence-corrected chi connectivity index (χ0v) is 28.0. The monoisotopic (exact) mass is 540 g/mol. The molecule has 36 heavy (non-hydrogen) atoms. The number of aliphatic hydroxyl groups excluding tert-OH is 1. The van der Waals surface area contributed by atoms with Crippen molar-refractivity contribution in [2.24, 2.45) is 29.1 Å². The lowest BCUT2D eigenvalue weighted by molar-refractivity contribution is -0.0320. The van der Waals surface area contributed by atoms with Crippen LogP contribution < -0.4 is 0 Å². The van der Waals surface area contributed by atoms with Gasteiger partial charge in [-0.05, 0) is 118 Å². The summed E-state index contributed by atoms with van der Waals surface area (Å²) >= 11 is 0. The molecule has 0 heterocycles. The number of aliphatic hydroxyl groups is 1. The molecule has 0 aliphatic heterocycles. The Hall–Kier alpha value is 0.314. The van der Waals surface area contributed by atoms with Gasteiger partial charge in [-0.15, -0.1) is 0 Å². The molecule has 1 N–H and O–H groups in total. The Morgan fingerprint density at radius 2 is 1.44 bits per heavy atom. The van der Waals surface area contributed by atoms with Crippen molar-refractivity contribution in [1.29, 1.82) is 0 Å². The molecule has 0 aromatic heterocycles. The van der Waals surface area contributed by atoms with Gasteiger partial charge in [0.2, 0.25) is 0 Å². The summed E-state index contributed by atoms with van der Waals surface area (Å²) in [5.41, 5.74) is 0.271. The van der Waals surface area contributed by atoms with E-state index in [2.05, 4.69) is 69.2 Å². The average molecular weight is 541 g/mol. The predicted octanol–water partition coefficient (Wildman–Crippen LogP) is 9.42. The summed E-state index contributed by atoms with van der Waals surface area (Å²) < 4.78 is 14.1. The second kappa shape index (κ2) is 13.6. The second-order valence-electron chi connectivity index (χ2n) is 13.5. The van der Waals surface area contributed by atoms with E-state index in [4.69, 9.17) is 8.85 Å². The van der Waals surface area contributed by atoms with Crippen LogP contribution in [0, 0.1) is 29.1 Å². The smallest absolute Gasteiger partial charge is 0.192 e. The van der Waals surface area contributed by atoms with Gasteiger partial charge in [-0.2, -0.15) is 0 Å². The van der Waals surface area contributed by atoms with Gasteiger partial charge >= 0.3 is 0 Å². The third-order valence-corrected chi connectivity index (χ3v) is 21.1. The van der Waals surface area contributed by atoms with Crippen molar-refractivity contribution in [1.82, 2.24) is 0 Å². The Kier molecular flexibility index (Phi) is 12.3. The highest BCUT2D eigenvalue weighted by Gasteiger charge is 2.54. The fourth-order valence-electron chi connectivity index (χ4n) is 8.47. The van der Waals surface area contributed by atoms with E-state index in [1.165, 1.54) is 68.4 Å². The van der Waals surface area contributed by atoms with E-state index >= 15 is 0 Å². The molecule has 0 bridgehead atoms. The van der Waals surface area contributed by atoms with Crippen molar-refractivity contribution in [3.8, 4) is 0 Å². The summed E-state index contributed by atoms with van der Waals surface area (Å²) in [6.45, 7) is 24.0. The normalized spacial score (nSPS) is 29.2. The van der Waals surface area contributed by atoms with Crippen LogP contribution in [0.5, 0.6) is 0 Å². The topological polar surface area (TPSA) is 38.7 Å². The zero-order chi connectivity index (χ0) is 27.2. The molecule has 0 aromatic carbocycles. The van der Waals surface area contributed by atoms with Gasteiger partial charge < -0.3 is 14.0 Å². The molecule has 0 spiro atoms. The van der Waals surface area contributed by atoms with Gasteiger partial charge in [-0.25, -0.2) is 0 Å². The molecule has 2 saturated carbocycles. The number of hydrogen-bond donors (Lipinski definition) is 1. The molecule has 0 saturated heterocycles. The van der Waals surface area contributed by atoms with Crippen LogP contribution in [0.1, 0.15) is 114 Å². The SMILES string of the molecule is CC[Si](CC)(CC)O[C@H]1CCC[C@]2(C)[C@@H]([C@H](C)C(CO)CCC(C)(C)O[Si](CC)(CC)CC)CC[C@@H]12. The lowest BCUT2D eigenvalue weighted by atomic mass is 9.60. The van der Waals surface area contributed by atoms with Crippen LogP contribution in [0.2, 0.25) is 36.3 Å². The first kappa shape index (κ1) is 32.5. The summed E-state index contributed by atoms with van der Waals surface area (Å²) in [4.78, 5) is 0. The van der Waals surface area contributed by atoms with Crippen LogP contribution in [0.25, 0.3) is 0 Å². The van der Waals surface area contributed by atoms with E-state index in [1.54, 1.807) is 0 Å². The van der Waals surface area contributed by atoms with Gasteiger partial charge in [0, 0.05) is 12.7 Å². The van der Waals surface area contributed by atoms with E-state index in [0.717, 1.165) is 12.8 Å². The molecule has 2 aliphatic rings. The highest BCUT2D eigenvalue weighted by molar-refractivity contribution is 6.74. The van der Waals surface area contributed by atoms with Gasteiger partial charge in [0.05, 0.1) is 5.60 Å². The number of hydrogen-bond acceptors (Lipinski definition) is 3. The first-order valence-corrected chi connectivity index (χ1v) is 21.0. The highest BCUT2D eigenvalue weighted by Crippen LogP contribution is 2.60. The molecule has 2 aliphatic carbocycles. The van der Waals surface area contributed by atoms with E-state index in [-0.39, 0.29) is 5.60 Å². The van der Waals surface area contributed by atoms with Crippen molar-refractivity contribution < 1.29 is 14.0 Å². The van der Waals surface area contributed by atoms with Gasteiger partial charge in [0.1, 0.15) is 0 Å². The lowest BCUT2D eigenvalue weighted by Gasteiger charge is -2.49. The maximum absolute atomic E-state index is 10.6. The molecule has 6 atom stereocenters.